The number of nitrogens with zero attached hydrogens (tertiary/aromatic N) is 1. The van der Waals surface area contributed by atoms with E-state index in [1.807, 2.05) is 41.8 Å². The zero-order valence-electron chi connectivity index (χ0n) is 12.7. The van der Waals surface area contributed by atoms with Gasteiger partial charge in [0.25, 0.3) is 5.91 Å². The Bertz CT molecular complexity index is 574. The number of amides is 1. The summed E-state index contributed by atoms with van der Waals surface area (Å²) in [5, 5.41) is 0.559. The van der Waals surface area contributed by atoms with Gasteiger partial charge in [-0.25, -0.2) is 0 Å². The number of carbonyl (C=O) groups excluding carboxylic acids is 1. The second-order valence-electron chi connectivity index (χ2n) is 5.19. The number of benzene rings is 1. The molecule has 1 heterocycles. The fraction of sp³-hybridized carbons (Fsp3) is 0.471. The molecule has 1 fully saturated rings. The average molecular weight is 302 g/mol. The summed E-state index contributed by atoms with van der Waals surface area (Å²) in [6, 6.07) is 5.79. The summed E-state index contributed by atoms with van der Waals surface area (Å²) >= 11 is 1.97. The van der Waals surface area contributed by atoms with Gasteiger partial charge in [-0.2, -0.15) is 11.8 Å². The fourth-order valence-corrected chi connectivity index (χ4v) is 3.58. The lowest BCUT2D eigenvalue weighted by molar-refractivity contribution is 0.0760. The van der Waals surface area contributed by atoms with Gasteiger partial charge < -0.3 is 10.6 Å². The van der Waals surface area contributed by atoms with Crippen molar-refractivity contribution < 1.29 is 4.79 Å². The van der Waals surface area contributed by atoms with Gasteiger partial charge in [-0.3, -0.25) is 4.79 Å². The number of thioether (sulfide) groups is 1. The number of aryl methyl sites for hydroxylation is 1. The molecule has 1 aromatic rings. The summed E-state index contributed by atoms with van der Waals surface area (Å²) in [6.07, 6.45) is 1.11. The Kier molecular flexibility index (Phi) is 5.72. The third-order valence-corrected chi connectivity index (χ3v) is 5.06. The number of hydrogen-bond acceptors (Lipinski definition) is 3. The maximum absolute atomic E-state index is 12.8. The molecule has 1 atom stereocenters. The molecule has 0 spiro atoms. The highest BCUT2D eigenvalue weighted by Gasteiger charge is 2.24. The molecule has 1 unspecified atom stereocenters. The topological polar surface area (TPSA) is 46.3 Å². The van der Waals surface area contributed by atoms with Gasteiger partial charge in [0.1, 0.15) is 0 Å². The molecular formula is C17H22N2OS. The van der Waals surface area contributed by atoms with Crippen LogP contribution in [-0.2, 0) is 0 Å². The van der Waals surface area contributed by atoms with Crippen LogP contribution in [0.3, 0.4) is 0 Å². The van der Waals surface area contributed by atoms with Crippen LogP contribution in [0, 0.1) is 18.8 Å². The maximum Gasteiger partial charge on any atom is 0.254 e. The molecule has 0 saturated carbocycles. The van der Waals surface area contributed by atoms with E-state index in [1.165, 1.54) is 0 Å². The summed E-state index contributed by atoms with van der Waals surface area (Å²) in [5.74, 6) is 6.99. The summed E-state index contributed by atoms with van der Waals surface area (Å²) in [4.78, 5) is 14.7. The van der Waals surface area contributed by atoms with E-state index in [0.717, 1.165) is 42.0 Å². The molecule has 0 radical (unpaired) electrons. The smallest absolute Gasteiger partial charge is 0.254 e. The van der Waals surface area contributed by atoms with E-state index >= 15 is 0 Å². The highest BCUT2D eigenvalue weighted by molar-refractivity contribution is 8.00. The zero-order chi connectivity index (χ0) is 15.2. The van der Waals surface area contributed by atoms with E-state index in [0.29, 0.717) is 11.8 Å². The van der Waals surface area contributed by atoms with Crippen LogP contribution in [0.4, 0.5) is 0 Å². The number of rotatable bonds is 2. The fourth-order valence-electron chi connectivity index (χ4n) is 2.40. The normalized spacial score (nSPS) is 18.0. The number of nitrogens with two attached hydrogens (primary N) is 1. The molecule has 1 saturated heterocycles. The van der Waals surface area contributed by atoms with Crippen LogP contribution in [0.2, 0.25) is 0 Å². The Hall–Kier alpha value is -1.44. The van der Waals surface area contributed by atoms with Crippen LogP contribution >= 0.6 is 11.8 Å². The molecule has 1 aromatic carbocycles. The zero-order valence-corrected chi connectivity index (χ0v) is 13.5. The molecule has 21 heavy (non-hydrogen) atoms. The Morgan fingerprint density at radius 3 is 3.05 bits per heavy atom. The Balaban J connectivity index is 2.21. The lowest BCUT2D eigenvalue weighted by atomic mass is 10.0. The molecule has 0 aliphatic carbocycles. The lowest BCUT2D eigenvalue weighted by Crippen LogP contribution is -2.42. The van der Waals surface area contributed by atoms with Crippen LogP contribution in [-0.4, -0.2) is 41.4 Å². The van der Waals surface area contributed by atoms with Gasteiger partial charge in [0, 0.05) is 35.2 Å². The number of hydrogen-bond donors (Lipinski definition) is 1. The SMILES string of the molecule is CCC1CN(C(=O)c2cc(C#CCN)ccc2C)CCS1. The molecule has 1 amide bonds. The van der Waals surface area contributed by atoms with Crippen LogP contribution < -0.4 is 5.73 Å². The Morgan fingerprint density at radius 2 is 2.33 bits per heavy atom. The van der Waals surface area contributed by atoms with E-state index < -0.39 is 0 Å². The van der Waals surface area contributed by atoms with Crippen molar-refractivity contribution in [3.63, 3.8) is 0 Å². The van der Waals surface area contributed by atoms with Gasteiger partial charge in [0.15, 0.2) is 0 Å². The van der Waals surface area contributed by atoms with Gasteiger partial charge in [-0.05, 0) is 31.0 Å². The van der Waals surface area contributed by atoms with E-state index in [4.69, 9.17) is 5.73 Å². The Labute approximate surface area is 131 Å². The first-order valence-electron chi connectivity index (χ1n) is 7.36. The third kappa shape index (κ3) is 4.03. The van der Waals surface area contributed by atoms with Crippen molar-refractivity contribution in [1.82, 2.24) is 4.90 Å². The van der Waals surface area contributed by atoms with Crippen molar-refractivity contribution in [2.75, 3.05) is 25.4 Å². The average Bonchev–Trinajstić information content (AvgIpc) is 2.53. The highest BCUT2D eigenvalue weighted by atomic mass is 32.2. The molecule has 0 bridgehead atoms. The van der Waals surface area contributed by atoms with Crippen molar-refractivity contribution in [2.45, 2.75) is 25.5 Å². The van der Waals surface area contributed by atoms with Gasteiger partial charge in [0.05, 0.1) is 6.54 Å². The largest absolute Gasteiger partial charge is 0.337 e. The minimum atomic E-state index is 0.127. The Morgan fingerprint density at radius 1 is 1.52 bits per heavy atom. The minimum Gasteiger partial charge on any atom is -0.337 e. The van der Waals surface area contributed by atoms with Crippen molar-refractivity contribution in [2.24, 2.45) is 5.73 Å². The molecule has 1 aliphatic heterocycles. The highest BCUT2D eigenvalue weighted by Crippen LogP contribution is 2.23. The van der Waals surface area contributed by atoms with Gasteiger partial charge in [0.2, 0.25) is 0 Å². The first-order valence-corrected chi connectivity index (χ1v) is 8.41. The standard InChI is InChI=1S/C17H22N2OS/c1-3-15-12-19(9-10-21-15)17(20)16-11-14(5-4-8-18)7-6-13(16)2/h6-7,11,15H,3,8-10,12,18H2,1-2H3. The van der Waals surface area contributed by atoms with Crippen LogP contribution in [0.5, 0.6) is 0 Å². The molecule has 0 aromatic heterocycles. The summed E-state index contributed by atoms with van der Waals surface area (Å²) in [6.45, 7) is 6.16. The summed E-state index contributed by atoms with van der Waals surface area (Å²) in [5.41, 5.74) is 8.02. The molecule has 2 rings (SSSR count). The van der Waals surface area contributed by atoms with Crippen molar-refractivity contribution in [3.8, 4) is 11.8 Å². The number of carbonyl (C=O) groups is 1. The lowest BCUT2D eigenvalue weighted by Gasteiger charge is -2.32. The second-order valence-corrected chi connectivity index (χ2v) is 6.60. The van der Waals surface area contributed by atoms with E-state index in [9.17, 15) is 4.79 Å². The predicted molar refractivity (Wildman–Crippen MR) is 89.6 cm³/mol. The monoisotopic (exact) mass is 302 g/mol. The first kappa shape index (κ1) is 15.9. The maximum atomic E-state index is 12.8. The molecule has 112 valence electrons. The van der Waals surface area contributed by atoms with Crippen LogP contribution in [0.1, 0.15) is 34.8 Å². The quantitative estimate of drug-likeness (QED) is 0.853. The van der Waals surface area contributed by atoms with Crippen LogP contribution in [0.25, 0.3) is 0 Å². The van der Waals surface area contributed by atoms with Crippen molar-refractivity contribution in [3.05, 3.63) is 34.9 Å². The van der Waals surface area contributed by atoms with E-state index in [1.54, 1.807) is 0 Å². The first-order chi connectivity index (χ1) is 10.2. The molecule has 1 aliphatic rings. The molecule has 2 N–H and O–H groups in total. The summed E-state index contributed by atoms with van der Waals surface area (Å²) < 4.78 is 0. The molecular weight excluding hydrogens is 280 g/mol. The predicted octanol–water partition coefficient (Wildman–Crippen LogP) is 2.27. The van der Waals surface area contributed by atoms with Gasteiger partial charge in [-0.1, -0.05) is 24.8 Å². The summed E-state index contributed by atoms with van der Waals surface area (Å²) in [7, 11) is 0. The van der Waals surface area contributed by atoms with E-state index in [-0.39, 0.29) is 5.91 Å². The van der Waals surface area contributed by atoms with Crippen LogP contribution in [0.15, 0.2) is 18.2 Å². The van der Waals surface area contributed by atoms with Gasteiger partial charge in [-0.15, -0.1) is 0 Å². The third-order valence-electron chi connectivity index (χ3n) is 3.68. The minimum absolute atomic E-state index is 0.127. The molecule has 4 heteroatoms. The van der Waals surface area contributed by atoms with E-state index in [2.05, 4.69) is 18.8 Å². The van der Waals surface area contributed by atoms with Gasteiger partial charge >= 0.3 is 0 Å². The second kappa shape index (κ2) is 7.53. The molecule has 3 nitrogen and oxygen atoms in total. The van der Waals surface area contributed by atoms with Crippen molar-refractivity contribution in [1.29, 1.82) is 0 Å². The van der Waals surface area contributed by atoms with Crippen molar-refractivity contribution >= 4 is 17.7 Å².